The normalized spacial score (nSPS) is 11.6. The number of benzene rings is 2. The van der Waals surface area contributed by atoms with Gasteiger partial charge in [0.1, 0.15) is 0 Å². The molecule has 0 saturated carbocycles. The van der Waals surface area contributed by atoms with Gasteiger partial charge in [-0.05, 0) is 49.1 Å². The molecule has 0 saturated heterocycles. The second-order valence-electron chi connectivity index (χ2n) is 6.23. The molecule has 2 rings (SSSR count). The first-order valence-corrected chi connectivity index (χ1v) is 8.42. The first-order valence-electron chi connectivity index (χ1n) is 8.42. The number of hydrogen-bond acceptors (Lipinski definition) is 4. The van der Waals surface area contributed by atoms with Crippen molar-refractivity contribution >= 4 is 22.3 Å². The Morgan fingerprint density at radius 3 is 1.72 bits per heavy atom. The number of fused-ring (bicyclic) bond motifs is 1. The van der Waals surface area contributed by atoms with Crippen LogP contribution >= 0.6 is 0 Å². The Kier molecular flexibility index (Phi) is 9.03. The van der Waals surface area contributed by atoms with Gasteiger partial charge in [-0.25, -0.2) is 0 Å². The summed E-state index contributed by atoms with van der Waals surface area (Å²) in [5, 5.41) is 1.97. The summed E-state index contributed by atoms with van der Waals surface area (Å²) >= 11 is 0. The van der Waals surface area contributed by atoms with Gasteiger partial charge < -0.3 is 9.47 Å². The second-order valence-corrected chi connectivity index (χ2v) is 6.23. The Bertz CT molecular complexity index is 653. The fourth-order valence-corrected chi connectivity index (χ4v) is 2.37. The third-order valence-corrected chi connectivity index (χ3v) is 3.92. The van der Waals surface area contributed by atoms with Crippen LogP contribution in [0.1, 0.15) is 47.9 Å². The summed E-state index contributed by atoms with van der Waals surface area (Å²) in [6.07, 6.45) is 1.09. The Morgan fingerprint density at radius 1 is 0.880 bits per heavy atom. The van der Waals surface area contributed by atoms with Gasteiger partial charge in [-0.15, -0.1) is 0 Å². The van der Waals surface area contributed by atoms with E-state index >= 15 is 0 Å². The Balaban J connectivity index is 0.000000299. The number of Topliss-reactive ketones (excluding diaryl/α,β-unsaturated/α-hetero) is 2. The van der Waals surface area contributed by atoms with Gasteiger partial charge >= 0.3 is 0 Å². The predicted molar refractivity (Wildman–Crippen MR) is 101 cm³/mol. The second kappa shape index (κ2) is 10.7. The van der Waals surface area contributed by atoms with Crippen molar-refractivity contribution in [3.8, 4) is 0 Å². The molecule has 0 radical (unpaired) electrons. The van der Waals surface area contributed by atoms with Crippen molar-refractivity contribution in [3.05, 3.63) is 47.5 Å². The highest BCUT2D eigenvalue weighted by Gasteiger charge is 2.03. The van der Waals surface area contributed by atoms with E-state index in [1.165, 1.54) is 0 Å². The van der Waals surface area contributed by atoms with Gasteiger partial charge in [0.15, 0.2) is 11.6 Å². The highest BCUT2D eigenvalue weighted by Crippen LogP contribution is 2.18. The van der Waals surface area contributed by atoms with Gasteiger partial charge in [0.2, 0.25) is 0 Å². The minimum Gasteiger partial charge on any atom is -0.385 e. The largest absolute Gasteiger partial charge is 0.385 e. The molecule has 25 heavy (non-hydrogen) atoms. The lowest BCUT2D eigenvalue weighted by molar-refractivity contribution is 0.100. The summed E-state index contributed by atoms with van der Waals surface area (Å²) < 4.78 is 9.85. The molecule has 0 amide bonds. The van der Waals surface area contributed by atoms with Crippen LogP contribution in [0.4, 0.5) is 0 Å². The summed E-state index contributed by atoms with van der Waals surface area (Å²) in [5.74, 6) is 0.727. The van der Waals surface area contributed by atoms with E-state index in [4.69, 9.17) is 9.47 Å². The summed E-state index contributed by atoms with van der Waals surface area (Å²) in [7, 11) is 3.45. The van der Waals surface area contributed by atoms with Crippen LogP contribution in [0, 0.1) is 5.92 Å². The molecule has 1 unspecified atom stereocenters. The lowest BCUT2D eigenvalue weighted by Crippen LogP contribution is -2.06. The molecule has 2 aromatic carbocycles. The number of rotatable bonds is 7. The fourth-order valence-electron chi connectivity index (χ4n) is 2.37. The highest BCUT2D eigenvalue weighted by atomic mass is 16.5. The molecule has 0 fully saturated rings. The maximum atomic E-state index is 11.2. The van der Waals surface area contributed by atoms with E-state index < -0.39 is 0 Å². The number of methoxy groups -OCH3 is 2. The average molecular weight is 344 g/mol. The number of hydrogen-bond donors (Lipinski definition) is 0. The van der Waals surface area contributed by atoms with Gasteiger partial charge in [0.05, 0.1) is 0 Å². The van der Waals surface area contributed by atoms with Crippen molar-refractivity contribution in [2.24, 2.45) is 5.92 Å². The van der Waals surface area contributed by atoms with Crippen LogP contribution in [0.2, 0.25) is 0 Å². The van der Waals surface area contributed by atoms with Gasteiger partial charge in [-0.1, -0.05) is 31.2 Å². The molecule has 0 aliphatic rings. The number of ether oxygens (including phenoxy) is 2. The molecule has 4 heteroatoms. The van der Waals surface area contributed by atoms with Crippen molar-refractivity contribution in [1.82, 2.24) is 0 Å². The fraction of sp³-hybridized carbons (Fsp3) is 0.429. The molecule has 0 bridgehead atoms. The van der Waals surface area contributed by atoms with Crippen molar-refractivity contribution in [1.29, 1.82) is 0 Å². The van der Waals surface area contributed by atoms with Crippen molar-refractivity contribution in [2.75, 3.05) is 27.4 Å². The van der Waals surface area contributed by atoms with E-state index in [9.17, 15) is 9.59 Å². The topological polar surface area (TPSA) is 52.6 Å². The molecule has 0 N–H and O–H groups in total. The number of carbonyl (C=O) groups excluding carboxylic acids is 2. The molecule has 4 nitrogen and oxygen atoms in total. The molecule has 0 aliphatic carbocycles. The van der Waals surface area contributed by atoms with Crippen LogP contribution in [-0.2, 0) is 9.47 Å². The van der Waals surface area contributed by atoms with Crippen LogP contribution < -0.4 is 0 Å². The third kappa shape index (κ3) is 7.16. The quantitative estimate of drug-likeness (QED) is 0.691. The van der Waals surface area contributed by atoms with E-state index in [0.29, 0.717) is 17.0 Å². The molecule has 0 heterocycles. The summed E-state index contributed by atoms with van der Waals surface area (Å²) in [5.41, 5.74) is 1.39. The molecule has 0 aliphatic heterocycles. The minimum absolute atomic E-state index is 0.0533. The molecule has 0 spiro atoms. The SMILES string of the molecule is CC(=O)c1ccc2cc(C(C)=O)ccc2c1.COCCC(C)COC. The van der Waals surface area contributed by atoms with Crippen LogP contribution in [0.5, 0.6) is 0 Å². The molecule has 1 atom stereocenters. The van der Waals surface area contributed by atoms with Gasteiger partial charge in [-0.3, -0.25) is 9.59 Å². The molecular formula is C21H28O4. The minimum atomic E-state index is 0.0533. The van der Waals surface area contributed by atoms with E-state index in [1.54, 1.807) is 40.2 Å². The summed E-state index contributed by atoms with van der Waals surface area (Å²) in [6, 6.07) is 11.0. The number of ketones is 2. The highest BCUT2D eigenvalue weighted by molar-refractivity contribution is 6.01. The van der Waals surface area contributed by atoms with E-state index in [-0.39, 0.29) is 11.6 Å². The summed E-state index contributed by atoms with van der Waals surface area (Å²) in [4.78, 5) is 22.4. The first-order chi connectivity index (χ1) is 11.9. The predicted octanol–water partition coefficient (Wildman–Crippen LogP) is 4.55. The van der Waals surface area contributed by atoms with Crippen LogP contribution in [-0.4, -0.2) is 39.0 Å². The van der Waals surface area contributed by atoms with Crippen molar-refractivity contribution < 1.29 is 19.1 Å². The van der Waals surface area contributed by atoms with Crippen LogP contribution in [0.25, 0.3) is 10.8 Å². The summed E-state index contributed by atoms with van der Waals surface area (Å²) in [6.45, 7) is 6.92. The Hall–Kier alpha value is -2.04. The van der Waals surface area contributed by atoms with Gasteiger partial charge in [0, 0.05) is 38.6 Å². The van der Waals surface area contributed by atoms with Crippen molar-refractivity contribution in [2.45, 2.75) is 27.2 Å². The standard InChI is InChI=1S/C14H12O2.C7H16O2/c1-9(15)11-3-5-14-8-12(10(2)16)4-6-13(14)7-11;1-7(6-9-3)4-5-8-2/h3-8H,1-2H3;7H,4-6H2,1-3H3. The lowest BCUT2D eigenvalue weighted by atomic mass is 10.0. The lowest BCUT2D eigenvalue weighted by Gasteiger charge is -2.07. The monoisotopic (exact) mass is 344 g/mol. The Morgan fingerprint density at radius 2 is 1.36 bits per heavy atom. The molecule has 0 aromatic heterocycles. The zero-order valence-corrected chi connectivity index (χ0v) is 15.8. The van der Waals surface area contributed by atoms with Crippen molar-refractivity contribution in [3.63, 3.8) is 0 Å². The maximum absolute atomic E-state index is 11.2. The first kappa shape index (κ1) is 21.0. The average Bonchev–Trinajstić information content (AvgIpc) is 2.59. The molecule has 2 aromatic rings. The van der Waals surface area contributed by atoms with Crippen LogP contribution in [0.3, 0.4) is 0 Å². The molecular weight excluding hydrogens is 316 g/mol. The zero-order valence-electron chi connectivity index (χ0n) is 15.8. The number of carbonyl (C=O) groups is 2. The van der Waals surface area contributed by atoms with E-state index in [2.05, 4.69) is 6.92 Å². The van der Waals surface area contributed by atoms with E-state index in [1.807, 2.05) is 24.3 Å². The zero-order chi connectivity index (χ0) is 18.8. The van der Waals surface area contributed by atoms with Gasteiger partial charge in [-0.2, -0.15) is 0 Å². The molecule has 136 valence electrons. The van der Waals surface area contributed by atoms with Gasteiger partial charge in [0.25, 0.3) is 0 Å². The Labute approximate surface area is 150 Å². The van der Waals surface area contributed by atoms with E-state index in [0.717, 1.165) is 30.4 Å². The third-order valence-electron chi connectivity index (χ3n) is 3.92. The smallest absolute Gasteiger partial charge is 0.159 e. The van der Waals surface area contributed by atoms with Crippen LogP contribution in [0.15, 0.2) is 36.4 Å². The maximum Gasteiger partial charge on any atom is 0.159 e.